The van der Waals surface area contributed by atoms with Crippen LogP contribution in [0.4, 0.5) is 5.69 Å². The number of anilines is 1. The Bertz CT molecular complexity index is 421. The molecule has 1 heterocycles. The van der Waals surface area contributed by atoms with Crippen LogP contribution in [-0.2, 0) is 0 Å². The lowest BCUT2D eigenvalue weighted by Gasteiger charge is -2.20. The molecular weight excluding hydrogens is 279 g/mol. The summed E-state index contributed by atoms with van der Waals surface area (Å²) in [6.07, 6.45) is 1.22. The van der Waals surface area contributed by atoms with Crippen LogP contribution in [0.5, 0.6) is 0 Å². The first-order chi connectivity index (χ1) is 9.06. The van der Waals surface area contributed by atoms with E-state index in [9.17, 15) is 0 Å². The first-order valence-electron chi connectivity index (χ1n) is 6.97. The van der Waals surface area contributed by atoms with Crippen LogP contribution in [-0.4, -0.2) is 26.2 Å². The van der Waals surface area contributed by atoms with Crippen molar-refractivity contribution in [3.05, 3.63) is 28.2 Å². The van der Waals surface area contributed by atoms with Crippen LogP contribution in [0.25, 0.3) is 0 Å². The minimum Gasteiger partial charge on any atom is -0.370 e. The predicted octanol–water partition coefficient (Wildman–Crippen LogP) is 4.07. The maximum absolute atomic E-state index is 6.25. The van der Waals surface area contributed by atoms with Crippen molar-refractivity contribution in [2.75, 3.05) is 31.1 Å². The zero-order valence-corrected chi connectivity index (χ0v) is 13.1. The Morgan fingerprint density at radius 1 is 1.37 bits per heavy atom. The number of nitrogens with one attached hydrogen (secondary N) is 1. The van der Waals surface area contributed by atoms with Crippen LogP contribution in [0.3, 0.4) is 0 Å². The number of halogens is 2. The maximum atomic E-state index is 6.25. The monoisotopic (exact) mass is 300 g/mol. The standard InChI is InChI=1S/C15H22Cl2N2/c1-11(2)8-18-9-12-5-6-19(10-12)15-7-13(16)3-4-14(15)17/h3-4,7,11-12,18H,5-6,8-10H2,1-2H3. The molecule has 4 heteroatoms. The van der Waals surface area contributed by atoms with Gasteiger partial charge in [-0.15, -0.1) is 0 Å². The Morgan fingerprint density at radius 2 is 2.16 bits per heavy atom. The van der Waals surface area contributed by atoms with Crippen LogP contribution in [0.15, 0.2) is 18.2 Å². The molecule has 1 aliphatic rings. The van der Waals surface area contributed by atoms with Crippen molar-refractivity contribution >= 4 is 28.9 Å². The van der Waals surface area contributed by atoms with E-state index in [4.69, 9.17) is 23.2 Å². The van der Waals surface area contributed by atoms with Gasteiger partial charge in [0.25, 0.3) is 0 Å². The lowest BCUT2D eigenvalue weighted by Crippen LogP contribution is -2.28. The molecule has 1 aromatic carbocycles. The van der Waals surface area contributed by atoms with Gasteiger partial charge in [0.15, 0.2) is 0 Å². The fraction of sp³-hybridized carbons (Fsp3) is 0.600. The summed E-state index contributed by atoms with van der Waals surface area (Å²) in [5, 5.41) is 5.08. The summed E-state index contributed by atoms with van der Waals surface area (Å²) >= 11 is 12.3. The summed E-state index contributed by atoms with van der Waals surface area (Å²) in [6, 6.07) is 5.68. The summed E-state index contributed by atoms with van der Waals surface area (Å²) in [5.41, 5.74) is 1.07. The van der Waals surface area contributed by atoms with Gasteiger partial charge < -0.3 is 10.2 Å². The quantitative estimate of drug-likeness (QED) is 0.882. The van der Waals surface area contributed by atoms with Gasteiger partial charge in [-0.3, -0.25) is 0 Å². The summed E-state index contributed by atoms with van der Waals surface area (Å²) in [5.74, 6) is 1.41. The van der Waals surface area contributed by atoms with Crippen molar-refractivity contribution in [2.24, 2.45) is 11.8 Å². The van der Waals surface area contributed by atoms with Gasteiger partial charge in [-0.05, 0) is 49.5 Å². The molecule has 1 unspecified atom stereocenters. The minimum atomic E-state index is 0.703. The van der Waals surface area contributed by atoms with Crippen molar-refractivity contribution < 1.29 is 0 Å². The summed E-state index contributed by atoms with van der Waals surface area (Å²) < 4.78 is 0. The third-order valence-electron chi connectivity index (χ3n) is 3.52. The molecule has 0 aliphatic carbocycles. The highest BCUT2D eigenvalue weighted by Gasteiger charge is 2.23. The molecule has 1 atom stereocenters. The molecule has 1 aromatic rings. The highest BCUT2D eigenvalue weighted by molar-refractivity contribution is 6.35. The SMILES string of the molecule is CC(C)CNCC1CCN(c2cc(Cl)ccc2Cl)C1. The average molecular weight is 301 g/mol. The molecule has 0 bridgehead atoms. The fourth-order valence-corrected chi connectivity index (χ4v) is 2.93. The van der Waals surface area contributed by atoms with Crippen molar-refractivity contribution in [2.45, 2.75) is 20.3 Å². The second-order valence-corrected chi connectivity index (χ2v) is 6.59. The Morgan fingerprint density at radius 3 is 2.89 bits per heavy atom. The topological polar surface area (TPSA) is 15.3 Å². The molecule has 19 heavy (non-hydrogen) atoms. The van der Waals surface area contributed by atoms with E-state index in [0.717, 1.165) is 41.9 Å². The molecular formula is C15H22Cl2N2. The molecule has 106 valence electrons. The van der Waals surface area contributed by atoms with Crippen molar-refractivity contribution in [3.8, 4) is 0 Å². The highest BCUT2D eigenvalue weighted by Crippen LogP contribution is 2.32. The normalized spacial score (nSPS) is 19.4. The van der Waals surface area contributed by atoms with Gasteiger partial charge in [-0.2, -0.15) is 0 Å². The van der Waals surface area contributed by atoms with Crippen LogP contribution < -0.4 is 10.2 Å². The van der Waals surface area contributed by atoms with E-state index in [0.29, 0.717) is 11.8 Å². The van der Waals surface area contributed by atoms with E-state index in [1.165, 1.54) is 6.42 Å². The molecule has 0 spiro atoms. The lowest BCUT2D eigenvalue weighted by atomic mass is 10.1. The molecule has 1 N–H and O–H groups in total. The second-order valence-electron chi connectivity index (χ2n) is 5.75. The number of benzene rings is 1. The van der Waals surface area contributed by atoms with Crippen LogP contribution in [0.1, 0.15) is 20.3 Å². The zero-order chi connectivity index (χ0) is 13.8. The summed E-state index contributed by atoms with van der Waals surface area (Å²) in [6.45, 7) is 8.78. The van der Waals surface area contributed by atoms with Gasteiger partial charge in [-0.25, -0.2) is 0 Å². The average Bonchev–Trinajstić information content (AvgIpc) is 2.80. The van der Waals surface area contributed by atoms with E-state index in [1.54, 1.807) is 0 Å². The molecule has 2 rings (SSSR count). The van der Waals surface area contributed by atoms with Crippen LogP contribution in [0, 0.1) is 11.8 Å². The largest absolute Gasteiger partial charge is 0.370 e. The van der Waals surface area contributed by atoms with E-state index in [1.807, 2.05) is 18.2 Å². The lowest BCUT2D eigenvalue weighted by molar-refractivity contribution is 0.477. The Kier molecular flexibility index (Phi) is 5.37. The smallest absolute Gasteiger partial charge is 0.0640 e. The maximum Gasteiger partial charge on any atom is 0.0640 e. The Hall–Kier alpha value is -0.440. The Balaban J connectivity index is 1.89. The van der Waals surface area contributed by atoms with E-state index in [-0.39, 0.29) is 0 Å². The van der Waals surface area contributed by atoms with Gasteiger partial charge in [-0.1, -0.05) is 37.0 Å². The number of nitrogens with zero attached hydrogens (tertiary/aromatic N) is 1. The van der Waals surface area contributed by atoms with E-state index < -0.39 is 0 Å². The number of rotatable bonds is 5. The van der Waals surface area contributed by atoms with E-state index in [2.05, 4.69) is 24.1 Å². The van der Waals surface area contributed by atoms with Crippen molar-refractivity contribution in [1.82, 2.24) is 5.32 Å². The minimum absolute atomic E-state index is 0.703. The number of hydrogen-bond donors (Lipinski definition) is 1. The van der Waals surface area contributed by atoms with Crippen LogP contribution >= 0.6 is 23.2 Å². The first kappa shape index (κ1) is 15.0. The zero-order valence-electron chi connectivity index (χ0n) is 11.6. The molecule has 0 aromatic heterocycles. The second kappa shape index (κ2) is 6.83. The van der Waals surface area contributed by atoms with Gasteiger partial charge in [0, 0.05) is 18.1 Å². The number of hydrogen-bond acceptors (Lipinski definition) is 2. The summed E-state index contributed by atoms with van der Waals surface area (Å²) in [7, 11) is 0. The summed E-state index contributed by atoms with van der Waals surface area (Å²) in [4.78, 5) is 2.34. The fourth-order valence-electron chi connectivity index (χ4n) is 2.52. The third kappa shape index (κ3) is 4.27. The predicted molar refractivity (Wildman–Crippen MR) is 84.5 cm³/mol. The van der Waals surface area contributed by atoms with E-state index >= 15 is 0 Å². The molecule has 1 saturated heterocycles. The van der Waals surface area contributed by atoms with Gasteiger partial charge >= 0.3 is 0 Å². The Labute approximate surface area is 126 Å². The molecule has 2 nitrogen and oxygen atoms in total. The van der Waals surface area contributed by atoms with Gasteiger partial charge in [0.1, 0.15) is 0 Å². The molecule has 0 radical (unpaired) electrons. The third-order valence-corrected chi connectivity index (χ3v) is 4.08. The molecule has 1 fully saturated rings. The molecule has 0 amide bonds. The molecule has 0 saturated carbocycles. The molecule has 1 aliphatic heterocycles. The van der Waals surface area contributed by atoms with Gasteiger partial charge in [0.05, 0.1) is 10.7 Å². The van der Waals surface area contributed by atoms with Gasteiger partial charge in [0.2, 0.25) is 0 Å². The highest BCUT2D eigenvalue weighted by atomic mass is 35.5. The van der Waals surface area contributed by atoms with Crippen molar-refractivity contribution in [3.63, 3.8) is 0 Å². The van der Waals surface area contributed by atoms with Crippen LogP contribution in [0.2, 0.25) is 10.0 Å². The first-order valence-corrected chi connectivity index (χ1v) is 7.72. The van der Waals surface area contributed by atoms with Crippen molar-refractivity contribution in [1.29, 1.82) is 0 Å².